The molecule has 0 aromatic rings. The van der Waals surface area contributed by atoms with E-state index in [1.807, 2.05) is 19.9 Å². The second kappa shape index (κ2) is 4.93. The maximum atomic E-state index is 11.5. The highest BCUT2D eigenvalue weighted by molar-refractivity contribution is 5.92. The predicted octanol–water partition coefficient (Wildman–Crippen LogP) is 1.46. The molecule has 90 valence electrons. The first-order valence-corrected chi connectivity index (χ1v) is 5.57. The Morgan fingerprint density at radius 2 is 2.25 bits per heavy atom. The molecule has 2 unspecified atom stereocenters. The molecule has 3 nitrogen and oxygen atoms in total. The van der Waals surface area contributed by atoms with E-state index in [0.717, 1.165) is 5.57 Å². The minimum atomic E-state index is -0.506. The molecular weight excluding hydrogens is 204 g/mol. The Morgan fingerprint density at radius 3 is 2.75 bits per heavy atom. The van der Waals surface area contributed by atoms with Gasteiger partial charge in [-0.05, 0) is 24.0 Å². The van der Waals surface area contributed by atoms with Crippen molar-refractivity contribution in [2.24, 2.45) is 11.3 Å². The van der Waals surface area contributed by atoms with Gasteiger partial charge in [0.1, 0.15) is 0 Å². The van der Waals surface area contributed by atoms with Crippen molar-refractivity contribution < 1.29 is 15.0 Å². The molecule has 0 bridgehead atoms. The minimum absolute atomic E-state index is 0.0183. The second-order valence-corrected chi connectivity index (χ2v) is 5.11. The highest BCUT2D eigenvalue weighted by Crippen LogP contribution is 2.40. The van der Waals surface area contributed by atoms with E-state index in [1.165, 1.54) is 6.08 Å². The van der Waals surface area contributed by atoms with Gasteiger partial charge >= 0.3 is 0 Å². The molecule has 1 aliphatic rings. The quantitative estimate of drug-likeness (QED) is 0.713. The van der Waals surface area contributed by atoms with Crippen molar-refractivity contribution in [1.29, 1.82) is 0 Å². The van der Waals surface area contributed by atoms with Gasteiger partial charge in [-0.2, -0.15) is 0 Å². The van der Waals surface area contributed by atoms with Crippen LogP contribution < -0.4 is 0 Å². The van der Waals surface area contributed by atoms with Gasteiger partial charge in [0.15, 0.2) is 5.78 Å². The van der Waals surface area contributed by atoms with Crippen molar-refractivity contribution in [3.05, 3.63) is 23.8 Å². The third kappa shape index (κ3) is 3.03. The number of aliphatic hydroxyl groups is 2. The smallest absolute Gasteiger partial charge is 0.156 e. The Morgan fingerprint density at radius 1 is 1.62 bits per heavy atom. The topological polar surface area (TPSA) is 57.5 Å². The number of carbonyl (C=O) groups excluding carboxylic acids is 1. The summed E-state index contributed by atoms with van der Waals surface area (Å²) in [4.78, 5) is 11.5. The Bertz CT molecular complexity index is 324. The number of hydrogen-bond donors (Lipinski definition) is 2. The number of allylic oxidation sites excluding steroid dienone is 2. The van der Waals surface area contributed by atoms with Crippen molar-refractivity contribution in [1.82, 2.24) is 0 Å². The van der Waals surface area contributed by atoms with Crippen molar-refractivity contribution in [3.63, 3.8) is 0 Å². The molecule has 0 fully saturated rings. The lowest BCUT2D eigenvalue weighted by molar-refractivity contribution is -0.117. The summed E-state index contributed by atoms with van der Waals surface area (Å²) in [7, 11) is 0. The Labute approximate surface area is 96.5 Å². The lowest BCUT2D eigenvalue weighted by atomic mass is 9.68. The maximum Gasteiger partial charge on any atom is 0.156 e. The molecule has 0 aliphatic heterocycles. The van der Waals surface area contributed by atoms with E-state index in [2.05, 4.69) is 0 Å². The maximum absolute atomic E-state index is 11.5. The van der Waals surface area contributed by atoms with Crippen LogP contribution in [0.3, 0.4) is 0 Å². The summed E-state index contributed by atoms with van der Waals surface area (Å²) >= 11 is 0. The second-order valence-electron chi connectivity index (χ2n) is 5.11. The summed E-state index contributed by atoms with van der Waals surface area (Å²) in [5.41, 5.74) is 0.535. The summed E-state index contributed by atoms with van der Waals surface area (Å²) in [5.74, 6) is 0.0838. The van der Waals surface area contributed by atoms with Gasteiger partial charge in [0.2, 0.25) is 0 Å². The fraction of sp³-hybridized carbons (Fsp3) is 0.615. The van der Waals surface area contributed by atoms with Crippen LogP contribution in [-0.2, 0) is 4.79 Å². The van der Waals surface area contributed by atoms with Gasteiger partial charge in [-0.15, -0.1) is 0 Å². The summed E-state index contributed by atoms with van der Waals surface area (Å²) in [6.07, 6.45) is 5.09. The number of aliphatic hydroxyl groups excluding tert-OH is 2. The van der Waals surface area contributed by atoms with Crippen molar-refractivity contribution in [3.8, 4) is 0 Å². The first-order valence-electron chi connectivity index (χ1n) is 5.57. The van der Waals surface area contributed by atoms with E-state index in [9.17, 15) is 15.0 Å². The molecule has 2 atom stereocenters. The van der Waals surface area contributed by atoms with Gasteiger partial charge in [-0.3, -0.25) is 4.79 Å². The molecule has 0 saturated heterocycles. The van der Waals surface area contributed by atoms with E-state index < -0.39 is 6.10 Å². The Kier molecular flexibility index (Phi) is 4.05. The molecule has 0 radical (unpaired) electrons. The van der Waals surface area contributed by atoms with E-state index in [1.54, 1.807) is 13.0 Å². The van der Waals surface area contributed by atoms with Crippen LogP contribution in [0.2, 0.25) is 0 Å². The SMILES string of the molecule is CC(O)C=CC1C(CO)=CC(=O)CC1(C)C. The third-order valence-electron chi connectivity index (χ3n) is 2.98. The molecule has 1 rings (SSSR count). The van der Waals surface area contributed by atoms with E-state index in [0.29, 0.717) is 6.42 Å². The third-order valence-corrected chi connectivity index (χ3v) is 2.98. The van der Waals surface area contributed by atoms with Gasteiger partial charge < -0.3 is 10.2 Å². The van der Waals surface area contributed by atoms with E-state index >= 15 is 0 Å². The zero-order valence-corrected chi connectivity index (χ0v) is 10.1. The van der Waals surface area contributed by atoms with Crippen LogP contribution in [0.5, 0.6) is 0 Å². The molecule has 0 aromatic carbocycles. The number of carbonyl (C=O) groups is 1. The van der Waals surface area contributed by atoms with Crippen LogP contribution in [0.15, 0.2) is 23.8 Å². The van der Waals surface area contributed by atoms with Gasteiger partial charge in [-0.25, -0.2) is 0 Å². The van der Waals surface area contributed by atoms with Gasteiger partial charge in [0, 0.05) is 12.3 Å². The van der Waals surface area contributed by atoms with Crippen molar-refractivity contribution in [2.45, 2.75) is 33.3 Å². The lowest BCUT2D eigenvalue weighted by Gasteiger charge is -2.36. The molecular formula is C13H20O3. The first-order chi connectivity index (χ1) is 7.36. The van der Waals surface area contributed by atoms with Crippen LogP contribution in [-0.4, -0.2) is 28.7 Å². The fourth-order valence-corrected chi connectivity index (χ4v) is 2.21. The number of hydrogen-bond acceptors (Lipinski definition) is 3. The van der Waals surface area contributed by atoms with E-state index in [4.69, 9.17) is 0 Å². The summed E-state index contributed by atoms with van der Waals surface area (Å²) < 4.78 is 0. The molecule has 0 aromatic heterocycles. The number of ketones is 1. The van der Waals surface area contributed by atoms with Crippen LogP contribution in [0.1, 0.15) is 27.2 Å². The molecule has 16 heavy (non-hydrogen) atoms. The number of rotatable bonds is 3. The first kappa shape index (κ1) is 13.1. The standard InChI is InChI=1S/C13H20O3/c1-9(15)4-5-12-10(8-14)6-11(16)7-13(12,2)3/h4-6,9,12,14-15H,7-8H2,1-3H3. The summed E-state index contributed by atoms with van der Waals surface area (Å²) in [6, 6.07) is 0. The minimum Gasteiger partial charge on any atom is -0.392 e. The molecule has 2 N–H and O–H groups in total. The van der Waals surface area contributed by atoms with E-state index in [-0.39, 0.29) is 23.7 Å². The van der Waals surface area contributed by atoms with Gasteiger partial charge in [0.05, 0.1) is 12.7 Å². The summed E-state index contributed by atoms with van der Waals surface area (Å²) in [5, 5.41) is 18.5. The largest absolute Gasteiger partial charge is 0.392 e. The molecule has 0 amide bonds. The van der Waals surface area contributed by atoms with Crippen molar-refractivity contribution >= 4 is 5.78 Å². The van der Waals surface area contributed by atoms with Crippen LogP contribution >= 0.6 is 0 Å². The highest BCUT2D eigenvalue weighted by Gasteiger charge is 2.35. The lowest BCUT2D eigenvalue weighted by Crippen LogP contribution is -2.32. The van der Waals surface area contributed by atoms with Crippen LogP contribution in [0.4, 0.5) is 0 Å². The monoisotopic (exact) mass is 224 g/mol. The fourth-order valence-electron chi connectivity index (χ4n) is 2.21. The normalized spacial score (nSPS) is 26.9. The van der Waals surface area contributed by atoms with Crippen molar-refractivity contribution in [2.75, 3.05) is 6.61 Å². The van der Waals surface area contributed by atoms with Gasteiger partial charge in [-0.1, -0.05) is 26.0 Å². The van der Waals surface area contributed by atoms with Gasteiger partial charge in [0.25, 0.3) is 0 Å². The summed E-state index contributed by atoms with van der Waals surface area (Å²) in [6.45, 7) is 5.58. The zero-order chi connectivity index (χ0) is 12.3. The predicted molar refractivity (Wildman–Crippen MR) is 62.9 cm³/mol. The average molecular weight is 224 g/mol. The Balaban J connectivity index is 3.00. The highest BCUT2D eigenvalue weighted by atomic mass is 16.3. The molecule has 0 spiro atoms. The van der Waals surface area contributed by atoms with Crippen LogP contribution in [0, 0.1) is 11.3 Å². The molecule has 0 saturated carbocycles. The molecule has 0 heterocycles. The average Bonchev–Trinajstić information content (AvgIpc) is 2.13. The Hall–Kier alpha value is -0.930. The molecule has 3 heteroatoms. The van der Waals surface area contributed by atoms with Crippen LogP contribution in [0.25, 0.3) is 0 Å². The zero-order valence-electron chi connectivity index (χ0n) is 10.1. The molecule has 1 aliphatic carbocycles.